The van der Waals surface area contributed by atoms with Crippen LogP contribution in [0.2, 0.25) is 5.02 Å². The van der Waals surface area contributed by atoms with Gasteiger partial charge in [0.1, 0.15) is 0 Å². The molecule has 1 aliphatic heterocycles. The molecule has 9 heteroatoms. The Morgan fingerprint density at radius 2 is 1.65 bits per heavy atom. The highest BCUT2D eigenvalue weighted by Crippen LogP contribution is 2.35. The van der Waals surface area contributed by atoms with Crippen molar-refractivity contribution in [1.82, 2.24) is 19.9 Å². The van der Waals surface area contributed by atoms with Gasteiger partial charge in [-0.1, -0.05) is 11.6 Å². The van der Waals surface area contributed by atoms with Gasteiger partial charge in [0.15, 0.2) is 5.82 Å². The Morgan fingerprint density at radius 1 is 1.00 bits per heavy atom. The normalized spacial score (nSPS) is 15.2. The van der Waals surface area contributed by atoms with Crippen molar-refractivity contribution < 1.29 is 18.0 Å². The van der Waals surface area contributed by atoms with Gasteiger partial charge in [0.05, 0.1) is 5.69 Å². The van der Waals surface area contributed by atoms with Crippen LogP contribution in [0.5, 0.6) is 0 Å². The number of amides is 1. The van der Waals surface area contributed by atoms with Gasteiger partial charge in [0.25, 0.3) is 0 Å². The smallest absolute Gasteiger partial charge is 0.335 e. The summed E-state index contributed by atoms with van der Waals surface area (Å²) in [4.78, 5) is 25.8. The zero-order valence-electron chi connectivity index (χ0n) is 16.3. The van der Waals surface area contributed by atoms with Crippen LogP contribution in [0.3, 0.4) is 0 Å². The number of hydrogen-bond acceptors (Lipinski definition) is 4. The molecule has 1 fully saturated rings. The van der Waals surface area contributed by atoms with Crippen molar-refractivity contribution >= 4 is 17.5 Å². The largest absolute Gasteiger partial charge is 0.471 e. The van der Waals surface area contributed by atoms with E-state index in [1.807, 2.05) is 24.3 Å². The molecule has 0 saturated carbocycles. The van der Waals surface area contributed by atoms with Crippen LogP contribution in [-0.2, 0) is 4.79 Å². The summed E-state index contributed by atoms with van der Waals surface area (Å²) in [5.74, 6) is -1.38. The maximum absolute atomic E-state index is 12.8. The molecule has 3 aromatic rings. The van der Waals surface area contributed by atoms with E-state index in [2.05, 4.69) is 9.97 Å². The number of alkyl halides is 3. The summed E-state index contributed by atoms with van der Waals surface area (Å²) in [6, 6.07) is 10.8. The number of likely N-dealkylation sites (tertiary alicyclic amines) is 1. The van der Waals surface area contributed by atoms with E-state index in [1.165, 1.54) is 0 Å². The number of hydrogen-bond donors (Lipinski definition) is 0. The van der Waals surface area contributed by atoms with E-state index in [0.717, 1.165) is 27.3 Å². The monoisotopic (exact) mass is 446 g/mol. The SMILES string of the molecule is O=C(N1CCC(c2nc(-c3ccc(Cl)cc3)ncc2-c2ccncc2)CC1)C(F)(F)F. The molecule has 3 heterocycles. The first kappa shape index (κ1) is 21.2. The number of halogens is 4. The summed E-state index contributed by atoms with van der Waals surface area (Å²) >= 11 is 5.97. The summed E-state index contributed by atoms with van der Waals surface area (Å²) in [6.45, 7) is 0.0537. The van der Waals surface area contributed by atoms with Crippen LogP contribution < -0.4 is 0 Å². The van der Waals surface area contributed by atoms with Crippen LogP contribution in [0, 0.1) is 0 Å². The number of carbonyl (C=O) groups excluding carboxylic acids is 1. The molecule has 1 aliphatic rings. The Bertz CT molecular complexity index is 1070. The lowest BCUT2D eigenvalue weighted by Gasteiger charge is -2.32. The fourth-order valence-corrected chi connectivity index (χ4v) is 3.86. The van der Waals surface area contributed by atoms with Crippen molar-refractivity contribution in [2.45, 2.75) is 24.9 Å². The van der Waals surface area contributed by atoms with E-state index in [0.29, 0.717) is 23.7 Å². The summed E-state index contributed by atoms with van der Waals surface area (Å²) in [6.07, 6.45) is 0.974. The van der Waals surface area contributed by atoms with Gasteiger partial charge in [-0.3, -0.25) is 9.78 Å². The van der Waals surface area contributed by atoms with Crippen LogP contribution in [0.25, 0.3) is 22.5 Å². The third kappa shape index (κ3) is 4.69. The first-order valence-corrected chi connectivity index (χ1v) is 10.1. The molecule has 0 spiro atoms. The molecule has 1 aromatic carbocycles. The fraction of sp³-hybridized carbons (Fsp3) is 0.273. The second-order valence-corrected chi connectivity index (χ2v) is 7.74. The van der Waals surface area contributed by atoms with Crippen LogP contribution >= 0.6 is 11.6 Å². The van der Waals surface area contributed by atoms with Gasteiger partial charge >= 0.3 is 12.1 Å². The molecule has 2 aromatic heterocycles. The van der Waals surface area contributed by atoms with Gasteiger partial charge in [-0.25, -0.2) is 9.97 Å². The van der Waals surface area contributed by atoms with Gasteiger partial charge in [-0.15, -0.1) is 0 Å². The van der Waals surface area contributed by atoms with Gasteiger partial charge in [-0.05, 0) is 54.8 Å². The maximum atomic E-state index is 12.8. The average molecular weight is 447 g/mol. The minimum Gasteiger partial charge on any atom is -0.335 e. The van der Waals surface area contributed by atoms with Crippen molar-refractivity contribution in [2.24, 2.45) is 0 Å². The Hall–Kier alpha value is -3.00. The highest BCUT2D eigenvalue weighted by Gasteiger charge is 2.43. The number of benzene rings is 1. The van der Waals surface area contributed by atoms with Crippen molar-refractivity contribution in [2.75, 3.05) is 13.1 Å². The summed E-state index contributed by atoms with van der Waals surface area (Å²) < 4.78 is 38.3. The molecule has 1 amide bonds. The maximum Gasteiger partial charge on any atom is 0.471 e. The molecule has 160 valence electrons. The number of carbonyl (C=O) groups is 1. The van der Waals surface area contributed by atoms with E-state index in [-0.39, 0.29) is 19.0 Å². The van der Waals surface area contributed by atoms with E-state index in [4.69, 9.17) is 16.6 Å². The summed E-state index contributed by atoms with van der Waals surface area (Å²) in [5.41, 5.74) is 3.23. The molecule has 0 unspecified atom stereocenters. The molecular weight excluding hydrogens is 429 g/mol. The van der Waals surface area contributed by atoms with E-state index < -0.39 is 12.1 Å². The average Bonchev–Trinajstić information content (AvgIpc) is 2.79. The Kier molecular flexibility index (Phi) is 5.91. The highest BCUT2D eigenvalue weighted by atomic mass is 35.5. The molecule has 0 bridgehead atoms. The first-order chi connectivity index (χ1) is 14.8. The zero-order valence-corrected chi connectivity index (χ0v) is 17.1. The van der Waals surface area contributed by atoms with Crippen molar-refractivity contribution in [1.29, 1.82) is 0 Å². The molecule has 1 saturated heterocycles. The summed E-state index contributed by atoms with van der Waals surface area (Å²) in [5, 5.41) is 0.596. The van der Waals surface area contributed by atoms with Crippen LogP contribution in [0.1, 0.15) is 24.5 Å². The molecule has 0 atom stereocenters. The predicted molar refractivity (Wildman–Crippen MR) is 110 cm³/mol. The van der Waals surface area contributed by atoms with E-state index in [9.17, 15) is 18.0 Å². The lowest BCUT2D eigenvalue weighted by atomic mass is 9.89. The molecule has 4 rings (SSSR count). The van der Waals surface area contributed by atoms with Gasteiger partial charge in [0.2, 0.25) is 0 Å². The first-order valence-electron chi connectivity index (χ1n) is 9.72. The van der Waals surface area contributed by atoms with Crippen molar-refractivity contribution in [3.63, 3.8) is 0 Å². The number of pyridine rings is 1. The van der Waals surface area contributed by atoms with Crippen LogP contribution in [-0.4, -0.2) is 45.0 Å². The molecule has 0 aliphatic carbocycles. The highest BCUT2D eigenvalue weighted by molar-refractivity contribution is 6.30. The van der Waals surface area contributed by atoms with Crippen LogP contribution in [0.4, 0.5) is 13.2 Å². The molecule has 0 radical (unpaired) electrons. The lowest BCUT2D eigenvalue weighted by Crippen LogP contribution is -2.45. The van der Waals surface area contributed by atoms with Crippen LogP contribution in [0.15, 0.2) is 55.0 Å². The Morgan fingerprint density at radius 3 is 2.26 bits per heavy atom. The number of rotatable bonds is 3. The third-order valence-corrected chi connectivity index (χ3v) is 5.58. The molecule has 31 heavy (non-hydrogen) atoms. The van der Waals surface area contributed by atoms with Gasteiger partial charge in [0, 0.05) is 53.7 Å². The standard InChI is InChI=1S/C22H18ClF3N4O/c23-17-3-1-16(2-4-17)20-28-13-18(14-5-9-27-10-6-14)19(29-20)15-7-11-30(12-8-15)21(31)22(24,25)26/h1-6,9-10,13,15H,7-8,11-12H2. The van der Waals surface area contributed by atoms with Gasteiger partial charge in [-0.2, -0.15) is 13.2 Å². The lowest BCUT2D eigenvalue weighted by molar-refractivity contribution is -0.186. The third-order valence-electron chi connectivity index (χ3n) is 5.32. The quantitative estimate of drug-likeness (QED) is 0.559. The van der Waals surface area contributed by atoms with Gasteiger partial charge < -0.3 is 4.90 Å². The summed E-state index contributed by atoms with van der Waals surface area (Å²) in [7, 11) is 0. The number of aromatic nitrogens is 3. The Balaban J connectivity index is 1.67. The topological polar surface area (TPSA) is 59.0 Å². The minimum absolute atomic E-state index is 0.0269. The number of nitrogens with zero attached hydrogens (tertiary/aromatic N) is 4. The molecular formula is C22H18ClF3N4O. The fourth-order valence-electron chi connectivity index (χ4n) is 3.73. The molecule has 5 nitrogen and oxygen atoms in total. The Labute approximate surface area is 181 Å². The van der Waals surface area contributed by atoms with E-state index in [1.54, 1.807) is 30.7 Å². The zero-order chi connectivity index (χ0) is 22.0. The molecule has 0 N–H and O–H groups in total. The van der Waals surface area contributed by atoms with Crippen molar-refractivity contribution in [3.8, 4) is 22.5 Å². The van der Waals surface area contributed by atoms with Crippen molar-refractivity contribution in [3.05, 3.63) is 65.7 Å². The second kappa shape index (κ2) is 8.63. The van der Waals surface area contributed by atoms with E-state index >= 15 is 0 Å². The predicted octanol–water partition coefficient (Wildman–Crippen LogP) is 5.13. The second-order valence-electron chi connectivity index (χ2n) is 7.30. The minimum atomic E-state index is -4.86. The number of piperidine rings is 1.